The molecule has 1 N–H and O–H groups in total. The van der Waals surface area contributed by atoms with Crippen LogP contribution in [0.4, 0.5) is 5.69 Å². The van der Waals surface area contributed by atoms with Crippen molar-refractivity contribution in [3.8, 4) is 0 Å². The number of hydrogen-bond donors (Lipinski definition) is 1. The number of fused-ring (bicyclic) bond motifs is 3. The summed E-state index contributed by atoms with van der Waals surface area (Å²) < 4.78 is 29.8. The molecule has 2 aromatic carbocycles. The van der Waals surface area contributed by atoms with Gasteiger partial charge in [-0.1, -0.05) is 18.6 Å². The van der Waals surface area contributed by atoms with E-state index in [2.05, 4.69) is 9.88 Å². The van der Waals surface area contributed by atoms with E-state index in [1.54, 1.807) is 12.1 Å². The number of sulfonamides is 1. The van der Waals surface area contributed by atoms with Crippen molar-refractivity contribution in [2.45, 2.75) is 56.9 Å². The molecule has 9 heteroatoms. The van der Waals surface area contributed by atoms with E-state index in [0.29, 0.717) is 24.1 Å². The number of benzene rings is 2. The van der Waals surface area contributed by atoms with E-state index in [9.17, 15) is 18.0 Å². The summed E-state index contributed by atoms with van der Waals surface area (Å²) >= 11 is 0. The summed E-state index contributed by atoms with van der Waals surface area (Å²) in [5.74, 6) is 0.574. The van der Waals surface area contributed by atoms with Crippen LogP contribution in [0.1, 0.15) is 55.2 Å². The number of hydrogen-bond acceptors (Lipinski definition) is 5. The lowest BCUT2D eigenvalue weighted by molar-refractivity contribution is -0.120. The van der Waals surface area contributed by atoms with Crippen molar-refractivity contribution in [2.24, 2.45) is 5.92 Å². The van der Waals surface area contributed by atoms with Crippen molar-refractivity contribution in [3.05, 3.63) is 53.9 Å². The third-order valence-corrected chi connectivity index (χ3v) is 8.97. The summed E-state index contributed by atoms with van der Waals surface area (Å²) in [6.07, 6.45) is 5.41. The van der Waals surface area contributed by atoms with E-state index >= 15 is 0 Å². The van der Waals surface area contributed by atoms with Crippen LogP contribution in [0.2, 0.25) is 0 Å². The van der Waals surface area contributed by atoms with Gasteiger partial charge >= 0.3 is 0 Å². The lowest BCUT2D eigenvalue weighted by Gasteiger charge is -2.30. The Morgan fingerprint density at radius 2 is 1.80 bits per heavy atom. The minimum atomic E-state index is -3.72. The van der Waals surface area contributed by atoms with Gasteiger partial charge in [0.2, 0.25) is 15.9 Å². The molecule has 0 bridgehead atoms. The highest BCUT2D eigenvalue weighted by atomic mass is 32.2. The lowest BCUT2D eigenvalue weighted by Crippen LogP contribution is -2.41. The van der Waals surface area contributed by atoms with Crippen molar-refractivity contribution in [2.75, 3.05) is 18.4 Å². The van der Waals surface area contributed by atoms with Crippen molar-refractivity contribution < 1.29 is 18.0 Å². The predicted molar refractivity (Wildman–Crippen MR) is 134 cm³/mol. The lowest BCUT2D eigenvalue weighted by atomic mass is 9.97. The molecule has 2 aliphatic rings. The smallest absolute Gasteiger partial charge is 0.243 e. The number of rotatable bonds is 5. The van der Waals surface area contributed by atoms with Gasteiger partial charge in [0.15, 0.2) is 5.78 Å². The number of carbonyl (C=O) groups excluding carboxylic acids is 2. The van der Waals surface area contributed by atoms with Gasteiger partial charge < -0.3 is 9.88 Å². The fraction of sp³-hybridized carbons (Fsp3) is 0.423. The molecule has 3 heterocycles. The number of imidazole rings is 1. The summed E-state index contributed by atoms with van der Waals surface area (Å²) in [6.45, 7) is 2.92. The normalized spacial score (nSPS) is 17.6. The van der Waals surface area contributed by atoms with Crippen molar-refractivity contribution in [3.63, 3.8) is 0 Å². The van der Waals surface area contributed by atoms with Crippen LogP contribution in [0, 0.1) is 5.92 Å². The monoisotopic (exact) mass is 494 g/mol. The SMILES string of the molecule is CC(=O)c1cccc(S(=O)(=O)N2CCC(C(=O)Nc3ccc4c(c3)nc3n4CCCCC3)CC2)c1. The second-order valence-corrected chi connectivity index (χ2v) is 11.4. The molecule has 5 rings (SSSR count). The van der Waals surface area contributed by atoms with Gasteiger partial charge in [-0.15, -0.1) is 0 Å². The molecule has 1 fully saturated rings. The van der Waals surface area contributed by atoms with Crippen LogP contribution in [-0.4, -0.2) is 47.1 Å². The van der Waals surface area contributed by atoms with Crippen LogP contribution in [0.3, 0.4) is 0 Å². The fourth-order valence-corrected chi connectivity index (χ4v) is 6.57. The maximum Gasteiger partial charge on any atom is 0.243 e. The van der Waals surface area contributed by atoms with E-state index in [4.69, 9.17) is 4.98 Å². The molecule has 0 aliphatic carbocycles. The molecule has 184 valence electrons. The molecule has 0 saturated carbocycles. The predicted octanol–water partition coefficient (Wildman–Crippen LogP) is 4.00. The topological polar surface area (TPSA) is 101 Å². The number of piperidine rings is 1. The Balaban J connectivity index is 1.23. The minimum Gasteiger partial charge on any atom is -0.328 e. The highest BCUT2D eigenvalue weighted by molar-refractivity contribution is 7.89. The molecule has 8 nitrogen and oxygen atoms in total. The van der Waals surface area contributed by atoms with Crippen LogP contribution >= 0.6 is 0 Å². The van der Waals surface area contributed by atoms with E-state index in [0.717, 1.165) is 42.7 Å². The van der Waals surface area contributed by atoms with Gasteiger partial charge in [-0.05, 0) is 62.9 Å². The van der Waals surface area contributed by atoms with Crippen molar-refractivity contribution in [1.29, 1.82) is 0 Å². The number of nitrogens with zero attached hydrogens (tertiary/aromatic N) is 3. The summed E-state index contributed by atoms with van der Waals surface area (Å²) in [4.78, 5) is 29.5. The fourth-order valence-electron chi connectivity index (χ4n) is 5.05. The average molecular weight is 495 g/mol. The van der Waals surface area contributed by atoms with Gasteiger partial charge in [-0.3, -0.25) is 9.59 Å². The summed E-state index contributed by atoms with van der Waals surface area (Å²) in [5.41, 5.74) is 3.08. The van der Waals surface area contributed by atoms with Crippen molar-refractivity contribution >= 4 is 38.4 Å². The number of nitrogens with one attached hydrogen (secondary N) is 1. The summed E-state index contributed by atoms with van der Waals surface area (Å²) in [6, 6.07) is 12.0. The Morgan fingerprint density at radius 3 is 2.57 bits per heavy atom. The Kier molecular flexibility index (Phi) is 6.46. The molecule has 0 unspecified atom stereocenters. The van der Waals surface area contributed by atoms with Crippen LogP contribution in [0.15, 0.2) is 47.4 Å². The Labute approximate surface area is 205 Å². The zero-order chi connectivity index (χ0) is 24.6. The van der Waals surface area contributed by atoms with E-state index < -0.39 is 10.0 Å². The van der Waals surface area contributed by atoms with Gasteiger partial charge in [0.25, 0.3) is 0 Å². The first-order chi connectivity index (χ1) is 16.8. The maximum absolute atomic E-state index is 13.1. The third kappa shape index (κ3) is 4.75. The molecule has 35 heavy (non-hydrogen) atoms. The van der Waals surface area contributed by atoms with E-state index in [1.165, 1.54) is 29.8 Å². The first kappa shape index (κ1) is 23.7. The highest BCUT2D eigenvalue weighted by Gasteiger charge is 2.32. The first-order valence-electron chi connectivity index (χ1n) is 12.2. The number of aromatic nitrogens is 2. The largest absolute Gasteiger partial charge is 0.328 e. The Morgan fingerprint density at radius 1 is 1.00 bits per heavy atom. The molecule has 1 aromatic heterocycles. The van der Waals surface area contributed by atoms with Gasteiger partial charge in [-0.2, -0.15) is 4.31 Å². The number of amides is 1. The number of aryl methyl sites for hydroxylation is 2. The van der Waals surface area contributed by atoms with E-state index in [1.807, 2.05) is 18.2 Å². The number of carbonyl (C=O) groups is 2. The van der Waals surface area contributed by atoms with Gasteiger partial charge in [0.1, 0.15) is 5.82 Å². The molecule has 0 atom stereocenters. The van der Waals surface area contributed by atoms with Crippen molar-refractivity contribution in [1.82, 2.24) is 13.9 Å². The minimum absolute atomic E-state index is 0.0965. The van der Waals surface area contributed by atoms with Gasteiger partial charge in [0.05, 0.1) is 15.9 Å². The number of Topliss-reactive ketones (excluding diaryl/α,β-unsaturated/α-hetero) is 1. The molecular weight excluding hydrogens is 464 g/mol. The summed E-state index contributed by atoms with van der Waals surface area (Å²) in [5, 5.41) is 3.01. The molecular formula is C26H30N4O4S. The van der Waals surface area contributed by atoms with Crippen LogP contribution < -0.4 is 5.32 Å². The number of ketones is 1. The molecule has 0 spiro atoms. The zero-order valence-corrected chi connectivity index (χ0v) is 20.7. The quantitative estimate of drug-likeness (QED) is 0.540. The second kappa shape index (κ2) is 9.54. The van der Waals surface area contributed by atoms with Crippen LogP contribution in [-0.2, 0) is 27.8 Å². The first-order valence-corrected chi connectivity index (χ1v) is 13.7. The van der Waals surface area contributed by atoms with Gasteiger partial charge in [-0.25, -0.2) is 13.4 Å². The Hall–Kier alpha value is -3.04. The van der Waals surface area contributed by atoms with Crippen LogP contribution in [0.25, 0.3) is 11.0 Å². The highest BCUT2D eigenvalue weighted by Crippen LogP contribution is 2.27. The molecule has 3 aromatic rings. The van der Waals surface area contributed by atoms with Gasteiger partial charge in [0, 0.05) is 43.2 Å². The average Bonchev–Trinajstić information content (AvgIpc) is 3.03. The van der Waals surface area contributed by atoms with Crippen LogP contribution in [0.5, 0.6) is 0 Å². The Bertz CT molecular complexity index is 1390. The third-order valence-electron chi connectivity index (χ3n) is 7.08. The maximum atomic E-state index is 13.1. The molecule has 1 saturated heterocycles. The standard InChI is InChI=1S/C26H30N4O4S/c1-18(31)20-6-5-7-22(16-20)35(33,34)29-14-11-19(12-15-29)26(32)27-21-9-10-24-23(17-21)28-25-8-3-2-4-13-30(24)25/h5-7,9-10,16-17,19H,2-4,8,11-15H2,1H3,(H,27,32). The zero-order valence-electron chi connectivity index (χ0n) is 19.9. The molecule has 2 aliphatic heterocycles. The second-order valence-electron chi connectivity index (χ2n) is 9.45. The molecule has 0 radical (unpaired) electrons. The summed E-state index contributed by atoms with van der Waals surface area (Å²) in [7, 11) is -3.72. The number of anilines is 1. The van der Waals surface area contributed by atoms with E-state index in [-0.39, 0.29) is 35.6 Å². The molecule has 1 amide bonds.